The fourth-order valence-electron chi connectivity index (χ4n) is 0.632. The van der Waals surface area contributed by atoms with Crippen LogP contribution in [0.5, 0.6) is 0 Å². The topological polar surface area (TPSA) is 54.4 Å². The maximum Gasteiger partial charge on any atom is 0.306 e. The molecule has 0 aliphatic rings. The van der Waals surface area contributed by atoms with E-state index in [1.807, 2.05) is 0 Å². The largest absolute Gasteiger partial charge is 0.481 e. The second-order valence-corrected chi connectivity index (χ2v) is 2.00. The molecule has 10 heavy (non-hydrogen) atoms. The van der Waals surface area contributed by atoms with Gasteiger partial charge in [0.2, 0.25) is 0 Å². The molecular formula is C7H10O3. The molecule has 3 heteroatoms. The third-order valence-electron chi connectivity index (χ3n) is 1.33. The van der Waals surface area contributed by atoms with Crippen LogP contribution in [0.15, 0.2) is 6.08 Å². The van der Waals surface area contributed by atoms with Crippen molar-refractivity contribution < 1.29 is 14.7 Å². The molecule has 0 bridgehead atoms. The molecule has 0 rings (SSSR count). The van der Waals surface area contributed by atoms with Crippen molar-refractivity contribution in [3.63, 3.8) is 0 Å². The summed E-state index contributed by atoms with van der Waals surface area (Å²) in [6.07, 6.45) is 2.05. The maximum absolute atomic E-state index is 10.3. The molecule has 0 radical (unpaired) electrons. The van der Waals surface area contributed by atoms with Gasteiger partial charge in [-0.25, -0.2) is 4.79 Å². The first-order chi connectivity index (χ1) is 4.72. The lowest BCUT2D eigenvalue weighted by molar-refractivity contribution is -0.141. The molecule has 0 heterocycles. The van der Waals surface area contributed by atoms with Crippen LogP contribution in [-0.4, -0.2) is 17.0 Å². The fraction of sp³-hybridized carbons (Fsp3) is 0.571. The van der Waals surface area contributed by atoms with Gasteiger partial charge in [-0.1, -0.05) is 6.92 Å². The quantitative estimate of drug-likeness (QED) is 0.592. The van der Waals surface area contributed by atoms with Gasteiger partial charge < -0.3 is 5.11 Å². The molecule has 0 amide bonds. The lowest BCUT2D eigenvalue weighted by Gasteiger charge is -2.02. The molecule has 1 unspecified atom stereocenters. The van der Waals surface area contributed by atoms with Crippen molar-refractivity contribution in [3.8, 4) is 0 Å². The average Bonchev–Trinajstić information content (AvgIpc) is 1.89. The maximum atomic E-state index is 10.3. The van der Waals surface area contributed by atoms with Crippen LogP contribution in [0, 0.1) is 5.92 Å². The Morgan fingerprint density at radius 3 is 2.70 bits per heavy atom. The van der Waals surface area contributed by atoms with Crippen molar-refractivity contribution in [1.82, 2.24) is 0 Å². The molecule has 0 spiro atoms. The molecule has 1 atom stereocenters. The Kier molecular flexibility index (Phi) is 4.25. The van der Waals surface area contributed by atoms with E-state index in [1.54, 1.807) is 12.9 Å². The average molecular weight is 142 g/mol. The lowest BCUT2D eigenvalue weighted by Crippen LogP contribution is -2.11. The lowest BCUT2D eigenvalue weighted by atomic mass is 10.0. The highest BCUT2D eigenvalue weighted by Crippen LogP contribution is 2.07. The molecule has 1 N–H and O–H groups in total. The Morgan fingerprint density at radius 1 is 1.80 bits per heavy atom. The highest BCUT2D eigenvalue weighted by molar-refractivity contribution is 5.70. The van der Waals surface area contributed by atoms with Gasteiger partial charge in [0.15, 0.2) is 0 Å². The summed E-state index contributed by atoms with van der Waals surface area (Å²) in [5, 5.41) is 8.45. The first-order valence-corrected chi connectivity index (χ1v) is 3.14. The molecule has 0 saturated carbocycles. The highest BCUT2D eigenvalue weighted by atomic mass is 16.4. The van der Waals surface area contributed by atoms with E-state index in [4.69, 9.17) is 5.11 Å². The minimum atomic E-state index is -0.853. The first-order valence-electron chi connectivity index (χ1n) is 3.14. The van der Waals surface area contributed by atoms with E-state index < -0.39 is 11.9 Å². The molecule has 0 saturated heterocycles. The van der Waals surface area contributed by atoms with Crippen LogP contribution in [0.1, 0.15) is 19.8 Å². The number of rotatable bonds is 4. The van der Waals surface area contributed by atoms with E-state index >= 15 is 0 Å². The predicted octanol–water partition coefficient (Wildman–Crippen LogP) is 0.875. The highest BCUT2D eigenvalue weighted by Gasteiger charge is 2.12. The third-order valence-corrected chi connectivity index (χ3v) is 1.33. The van der Waals surface area contributed by atoms with Crippen LogP contribution in [0.25, 0.3) is 0 Å². The number of carboxylic acid groups (broad SMARTS) is 1. The molecule has 56 valence electrons. The summed E-state index contributed by atoms with van der Waals surface area (Å²) in [7, 11) is 0. The van der Waals surface area contributed by atoms with Gasteiger partial charge in [-0.2, -0.15) is 0 Å². The van der Waals surface area contributed by atoms with Gasteiger partial charge in [0.25, 0.3) is 0 Å². The van der Waals surface area contributed by atoms with Crippen LogP contribution in [0.3, 0.4) is 0 Å². The van der Waals surface area contributed by atoms with Gasteiger partial charge >= 0.3 is 5.97 Å². The molecule has 3 nitrogen and oxygen atoms in total. The van der Waals surface area contributed by atoms with Crippen LogP contribution in [0.2, 0.25) is 0 Å². The van der Waals surface area contributed by atoms with Crippen molar-refractivity contribution in [2.75, 3.05) is 0 Å². The summed E-state index contributed by atoms with van der Waals surface area (Å²) in [6.45, 7) is 1.78. The monoisotopic (exact) mass is 142 g/mol. The van der Waals surface area contributed by atoms with E-state index in [2.05, 4.69) is 0 Å². The molecule has 0 aromatic rings. The Bertz CT molecular complexity index is 156. The number of hydrogen-bond acceptors (Lipinski definition) is 2. The summed E-state index contributed by atoms with van der Waals surface area (Å²) in [5.74, 6) is 0.267. The van der Waals surface area contributed by atoms with Crippen LogP contribution in [0.4, 0.5) is 0 Å². The number of carboxylic acids is 1. The Balaban J connectivity index is 3.82. The normalized spacial score (nSPS) is 11.7. The van der Waals surface area contributed by atoms with Crippen LogP contribution in [-0.2, 0) is 9.59 Å². The fourth-order valence-corrected chi connectivity index (χ4v) is 0.632. The summed E-state index contributed by atoms with van der Waals surface area (Å²) in [4.78, 5) is 20.0. The van der Waals surface area contributed by atoms with Gasteiger partial charge in [0.05, 0.1) is 5.92 Å². The summed E-state index contributed by atoms with van der Waals surface area (Å²) < 4.78 is 0. The van der Waals surface area contributed by atoms with Crippen molar-refractivity contribution >= 4 is 11.9 Å². The van der Waals surface area contributed by atoms with Crippen LogP contribution < -0.4 is 0 Å². The minimum Gasteiger partial charge on any atom is -0.481 e. The summed E-state index contributed by atoms with van der Waals surface area (Å²) in [6, 6.07) is 0. The van der Waals surface area contributed by atoms with Crippen molar-refractivity contribution in [2.24, 2.45) is 5.92 Å². The Labute approximate surface area is 59.4 Å². The Hall–Kier alpha value is -1.08. The zero-order valence-electron chi connectivity index (χ0n) is 5.83. The van der Waals surface area contributed by atoms with Crippen molar-refractivity contribution in [3.05, 3.63) is 6.08 Å². The van der Waals surface area contributed by atoms with Gasteiger partial charge in [0.1, 0.15) is 5.94 Å². The predicted molar refractivity (Wildman–Crippen MR) is 36.3 cm³/mol. The van der Waals surface area contributed by atoms with E-state index in [0.29, 0.717) is 6.42 Å². The first kappa shape index (κ1) is 8.92. The number of allylic oxidation sites excluding steroid dienone is 1. The zero-order chi connectivity index (χ0) is 7.98. The second-order valence-electron chi connectivity index (χ2n) is 2.00. The second kappa shape index (κ2) is 4.77. The molecule has 0 fully saturated rings. The minimum absolute atomic E-state index is 0.287. The molecule has 0 aliphatic carbocycles. The van der Waals surface area contributed by atoms with Gasteiger partial charge in [-0.15, -0.1) is 0 Å². The number of carbonyl (C=O) groups excluding carboxylic acids is 1. The molecular weight excluding hydrogens is 132 g/mol. The summed E-state index contributed by atoms with van der Waals surface area (Å²) >= 11 is 0. The van der Waals surface area contributed by atoms with Gasteiger partial charge in [0, 0.05) is 6.08 Å². The number of carbonyl (C=O) groups is 1. The van der Waals surface area contributed by atoms with E-state index in [1.165, 1.54) is 6.08 Å². The van der Waals surface area contributed by atoms with E-state index in [9.17, 15) is 9.59 Å². The third kappa shape index (κ3) is 3.05. The van der Waals surface area contributed by atoms with E-state index in [-0.39, 0.29) is 6.42 Å². The van der Waals surface area contributed by atoms with Crippen molar-refractivity contribution in [2.45, 2.75) is 19.8 Å². The smallest absolute Gasteiger partial charge is 0.306 e. The van der Waals surface area contributed by atoms with E-state index in [0.717, 1.165) is 0 Å². The Morgan fingerprint density at radius 2 is 2.40 bits per heavy atom. The molecule has 0 aromatic carbocycles. The van der Waals surface area contributed by atoms with Gasteiger partial charge in [-0.05, 0) is 12.8 Å². The van der Waals surface area contributed by atoms with Crippen LogP contribution >= 0.6 is 0 Å². The summed E-state index contributed by atoms with van der Waals surface area (Å²) in [5.41, 5.74) is 0. The SMILES string of the molecule is CCC(CC=C=O)C(=O)O. The molecule has 0 aliphatic heterocycles. The zero-order valence-corrected chi connectivity index (χ0v) is 5.83. The standard InChI is InChI=1S/C7H10O3/c1-2-6(7(9)10)4-3-5-8/h3,6H,2,4H2,1H3,(H,9,10). The number of aliphatic carboxylic acids is 1. The van der Waals surface area contributed by atoms with Crippen molar-refractivity contribution in [1.29, 1.82) is 0 Å². The number of hydrogen-bond donors (Lipinski definition) is 1. The van der Waals surface area contributed by atoms with Gasteiger partial charge in [-0.3, -0.25) is 4.79 Å². The molecule has 0 aromatic heterocycles.